The Morgan fingerprint density at radius 2 is 1.83 bits per heavy atom. The van der Waals surface area contributed by atoms with Crippen molar-refractivity contribution in [2.24, 2.45) is 0 Å². The summed E-state index contributed by atoms with van der Waals surface area (Å²) in [6.45, 7) is 5.66. The molecule has 1 atom stereocenters. The van der Waals surface area contributed by atoms with Crippen molar-refractivity contribution in [3.63, 3.8) is 0 Å². The maximum Gasteiger partial charge on any atom is 0.317 e. The van der Waals surface area contributed by atoms with Gasteiger partial charge in [0.2, 0.25) is 0 Å². The Bertz CT molecular complexity index is 596. The van der Waals surface area contributed by atoms with Crippen LogP contribution in [0.15, 0.2) is 12.1 Å². The van der Waals surface area contributed by atoms with E-state index in [1.165, 1.54) is 11.9 Å². The first-order chi connectivity index (χ1) is 11.4. The second kappa shape index (κ2) is 6.98. The normalized spacial score (nSPS) is 25.6. The largest absolute Gasteiger partial charge is 0.336 e. The molecule has 8 heteroatoms. The summed E-state index contributed by atoms with van der Waals surface area (Å²) in [6, 6.07) is 1.78. The SMILES string of the molecule is CN(Cc1cc(F)c(F)c(F)c1)C(=O)NC[C@H]1CN2CCN1CC2. The zero-order valence-corrected chi connectivity index (χ0v) is 13.6. The third kappa shape index (κ3) is 3.64. The number of benzene rings is 1. The van der Waals surface area contributed by atoms with Crippen molar-refractivity contribution in [2.45, 2.75) is 12.6 Å². The number of halogens is 3. The average molecular weight is 342 g/mol. The van der Waals surface area contributed by atoms with Crippen LogP contribution in [0.25, 0.3) is 0 Å². The highest BCUT2D eigenvalue weighted by molar-refractivity contribution is 5.73. The third-order valence-electron chi connectivity index (χ3n) is 4.69. The number of urea groups is 1. The molecule has 0 spiro atoms. The van der Waals surface area contributed by atoms with Gasteiger partial charge in [0, 0.05) is 58.9 Å². The summed E-state index contributed by atoms with van der Waals surface area (Å²) in [6.07, 6.45) is 0. The van der Waals surface area contributed by atoms with Crippen LogP contribution < -0.4 is 5.32 Å². The lowest BCUT2D eigenvalue weighted by molar-refractivity contribution is 0.0144. The number of piperazine rings is 3. The fourth-order valence-corrected chi connectivity index (χ4v) is 3.30. The van der Waals surface area contributed by atoms with E-state index in [9.17, 15) is 18.0 Å². The Morgan fingerprint density at radius 1 is 1.21 bits per heavy atom. The van der Waals surface area contributed by atoms with Crippen LogP contribution in [0.3, 0.4) is 0 Å². The van der Waals surface area contributed by atoms with E-state index in [2.05, 4.69) is 15.1 Å². The summed E-state index contributed by atoms with van der Waals surface area (Å²) in [7, 11) is 1.53. The molecule has 4 rings (SSSR count). The summed E-state index contributed by atoms with van der Waals surface area (Å²) in [5.41, 5.74) is 0.204. The maximum absolute atomic E-state index is 13.2. The number of fused-ring (bicyclic) bond motifs is 3. The molecule has 0 radical (unpaired) electrons. The highest BCUT2D eigenvalue weighted by Gasteiger charge is 2.31. The predicted molar refractivity (Wildman–Crippen MR) is 83.0 cm³/mol. The summed E-state index contributed by atoms with van der Waals surface area (Å²) in [5, 5.41) is 2.85. The van der Waals surface area contributed by atoms with Crippen LogP contribution in [0.5, 0.6) is 0 Å². The van der Waals surface area contributed by atoms with Gasteiger partial charge in [-0.2, -0.15) is 0 Å². The van der Waals surface area contributed by atoms with E-state index >= 15 is 0 Å². The second-order valence-electron chi connectivity index (χ2n) is 6.41. The van der Waals surface area contributed by atoms with Crippen LogP contribution in [0.1, 0.15) is 5.56 Å². The van der Waals surface area contributed by atoms with Crippen LogP contribution >= 0.6 is 0 Å². The van der Waals surface area contributed by atoms with E-state index in [4.69, 9.17) is 0 Å². The van der Waals surface area contributed by atoms with Gasteiger partial charge >= 0.3 is 6.03 Å². The van der Waals surface area contributed by atoms with Gasteiger partial charge in [-0.15, -0.1) is 0 Å². The summed E-state index contributed by atoms with van der Waals surface area (Å²) in [5.74, 6) is -4.00. The minimum atomic E-state index is -1.50. The van der Waals surface area contributed by atoms with Gasteiger partial charge in [-0.1, -0.05) is 0 Å². The van der Waals surface area contributed by atoms with Gasteiger partial charge in [0.1, 0.15) is 0 Å². The fraction of sp³-hybridized carbons (Fsp3) is 0.562. The molecular formula is C16H21F3N4O. The highest BCUT2D eigenvalue weighted by Crippen LogP contribution is 2.16. The predicted octanol–water partition coefficient (Wildman–Crippen LogP) is 1.25. The molecular weight excluding hydrogens is 321 g/mol. The molecule has 1 aromatic rings. The smallest absolute Gasteiger partial charge is 0.317 e. The Balaban J connectivity index is 1.51. The van der Waals surface area contributed by atoms with Gasteiger partial charge in [-0.3, -0.25) is 9.80 Å². The summed E-state index contributed by atoms with van der Waals surface area (Å²) in [4.78, 5) is 18.2. The molecule has 3 aliphatic heterocycles. The standard InChI is InChI=1S/C16H21F3N4O/c1-21(9-11-6-13(17)15(19)14(18)7-11)16(24)20-8-12-10-22-2-4-23(12)5-3-22/h6-7,12H,2-5,8-10H2,1H3,(H,20,24)/t12-/m0/s1. The van der Waals surface area contributed by atoms with E-state index in [0.29, 0.717) is 12.6 Å². The van der Waals surface area contributed by atoms with Crippen molar-refractivity contribution in [3.8, 4) is 0 Å². The number of carbonyl (C=O) groups excluding carboxylic acids is 1. The Hall–Kier alpha value is -1.80. The number of carbonyl (C=O) groups is 1. The van der Waals surface area contributed by atoms with Gasteiger partial charge in [-0.05, 0) is 17.7 Å². The quantitative estimate of drug-likeness (QED) is 0.837. The van der Waals surface area contributed by atoms with Crippen molar-refractivity contribution in [3.05, 3.63) is 35.1 Å². The molecule has 3 saturated heterocycles. The van der Waals surface area contributed by atoms with Gasteiger partial charge in [0.25, 0.3) is 0 Å². The minimum Gasteiger partial charge on any atom is -0.336 e. The topological polar surface area (TPSA) is 38.8 Å². The zero-order valence-electron chi connectivity index (χ0n) is 13.6. The van der Waals surface area contributed by atoms with Gasteiger partial charge in [0.05, 0.1) is 0 Å². The lowest BCUT2D eigenvalue weighted by atomic mass is 10.1. The number of nitrogens with zero attached hydrogens (tertiary/aromatic N) is 3. The molecule has 5 nitrogen and oxygen atoms in total. The number of nitrogens with one attached hydrogen (secondary N) is 1. The molecule has 2 bridgehead atoms. The van der Waals surface area contributed by atoms with Crippen molar-refractivity contribution in [1.29, 1.82) is 0 Å². The van der Waals surface area contributed by atoms with Crippen molar-refractivity contribution in [2.75, 3.05) is 46.3 Å². The number of hydrogen-bond acceptors (Lipinski definition) is 3. The molecule has 3 fully saturated rings. The van der Waals surface area contributed by atoms with Crippen LogP contribution in [-0.4, -0.2) is 73.1 Å². The van der Waals surface area contributed by atoms with Crippen molar-refractivity contribution < 1.29 is 18.0 Å². The third-order valence-corrected chi connectivity index (χ3v) is 4.69. The fourth-order valence-electron chi connectivity index (χ4n) is 3.30. The second-order valence-corrected chi connectivity index (χ2v) is 6.41. The zero-order chi connectivity index (χ0) is 17.3. The van der Waals surface area contributed by atoms with Crippen LogP contribution in [0, 0.1) is 17.5 Å². The van der Waals surface area contributed by atoms with Gasteiger partial charge < -0.3 is 10.2 Å². The van der Waals surface area contributed by atoms with E-state index in [0.717, 1.165) is 44.9 Å². The average Bonchev–Trinajstić information content (AvgIpc) is 2.58. The molecule has 0 saturated carbocycles. The molecule has 1 aromatic carbocycles. The Kier molecular flexibility index (Phi) is 4.96. The van der Waals surface area contributed by atoms with E-state index in [-0.39, 0.29) is 18.1 Å². The van der Waals surface area contributed by atoms with Crippen molar-refractivity contribution >= 4 is 6.03 Å². The maximum atomic E-state index is 13.2. The van der Waals surface area contributed by atoms with Gasteiger partial charge in [-0.25, -0.2) is 18.0 Å². The molecule has 3 aliphatic rings. The Morgan fingerprint density at radius 3 is 2.38 bits per heavy atom. The molecule has 24 heavy (non-hydrogen) atoms. The first-order valence-electron chi connectivity index (χ1n) is 8.03. The lowest BCUT2D eigenvalue weighted by Crippen LogP contribution is -2.63. The lowest BCUT2D eigenvalue weighted by Gasteiger charge is -2.47. The number of rotatable bonds is 4. The van der Waals surface area contributed by atoms with E-state index in [1.54, 1.807) is 0 Å². The molecule has 132 valence electrons. The van der Waals surface area contributed by atoms with Crippen LogP contribution in [0.2, 0.25) is 0 Å². The van der Waals surface area contributed by atoms with Crippen molar-refractivity contribution in [1.82, 2.24) is 20.0 Å². The molecule has 0 aliphatic carbocycles. The van der Waals surface area contributed by atoms with Gasteiger partial charge in [0.15, 0.2) is 17.5 Å². The summed E-state index contributed by atoms with van der Waals surface area (Å²) < 4.78 is 39.4. The monoisotopic (exact) mass is 342 g/mol. The highest BCUT2D eigenvalue weighted by atomic mass is 19.2. The van der Waals surface area contributed by atoms with Crippen LogP contribution in [-0.2, 0) is 6.54 Å². The molecule has 0 aromatic heterocycles. The van der Waals surface area contributed by atoms with E-state index < -0.39 is 17.5 Å². The number of amides is 2. The molecule has 3 heterocycles. The van der Waals surface area contributed by atoms with Crippen LogP contribution in [0.4, 0.5) is 18.0 Å². The first-order valence-corrected chi connectivity index (χ1v) is 8.03. The first kappa shape index (κ1) is 17.0. The summed E-state index contributed by atoms with van der Waals surface area (Å²) >= 11 is 0. The van der Waals surface area contributed by atoms with E-state index in [1.807, 2.05) is 0 Å². The Labute approximate surface area is 139 Å². The molecule has 2 amide bonds. The minimum absolute atomic E-state index is 0.000456. The molecule has 1 N–H and O–H groups in total. The molecule has 0 unspecified atom stereocenters. The number of hydrogen-bond donors (Lipinski definition) is 1.